The molecule has 0 aliphatic rings. The molecule has 0 aromatic heterocycles. The molecule has 0 aliphatic heterocycles. The molecule has 0 bridgehead atoms. The van der Waals surface area contributed by atoms with Crippen molar-refractivity contribution in [2.75, 3.05) is 0 Å². The normalized spacial score (nSPS) is 12.5. The minimum absolute atomic E-state index is 0.147. The predicted molar refractivity (Wildman–Crippen MR) is 66.6 cm³/mol. The first kappa shape index (κ1) is 13.0. The van der Waals surface area contributed by atoms with E-state index in [1.165, 1.54) is 24.3 Å². The predicted octanol–water partition coefficient (Wildman–Crippen LogP) is 4.01. The summed E-state index contributed by atoms with van der Waals surface area (Å²) in [6, 6.07) is 8.53. The summed E-state index contributed by atoms with van der Waals surface area (Å²) in [6.07, 6.45) is -1.15. The number of halogens is 3. The van der Waals surface area contributed by atoms with E-state index in [0.29, 0.717) is 11.1 Å². The Labute approximate surface area is 109 Å². The molecule has 0 aliphatic carbocycles. The van der Waals surface area contributed by atoms with Crippen LogP contribution in [-0.2, 0) is 0 Å². The standard InChI is InChI=1S/C14H11ClF2O/c1-8-5-6-9(7-12(8)17)14(18)10-3-2-4-11(16)13(10)15/h2-7,14,18H,1H3. The summed E-state index contributed by atoms with van der Waals surface area (Å²) in [4.78, 5) is 0. The lowest BCUT2D eigenvalue weighted by Gasteiger charge is -2.14. The summed E-state index contributed by atoms with van der Waals surface area (Å²) in [5, 5.41) is 9.95. The number of hydrogen-bond donors (Lipinski definition) is 1. The molecule has 2 rings (SSSR count). The summed E-state index contributed by atoms with van der Waals surface area (Å²) in [7, 11) is 0. The van der Waals surface area contributed by atoms with Gasteiger partial charge in [-0.15, -0.1) is 0 Å². The van der Waals surface area contributed by atoms with Gasteiger partial charge in [0.05, 0.1) is 5.02 Å². The molecular formula is C14H11ClF2O. The molecule has 0 saturated carbocycles. The minimum atomic E-state index is -1.15. The third-order valence-corrected chi connectivity index (χ3v) is 3.19. The highest BCUT2D eigenvalue weighted by Gasteiger charge is 2.17. The quantitative estimate of drug-likeness (QED) is 0.873. The average molecular weight is 269 g/mol. The van der Waals surface area contributed by atoms with Crippen LogP contribution in [0.5, 0.6) is 0 Å². The van der Waals surface area contributed by atoms with E-state index in [1.54, 1.807) is 19.1 Å². The van der Waals surface area contributed by atoms with Gasteiger partial charge in [-0.05, 0) is 30.2 Å². The molecule has 0 heterocycles. The monoisotopic (exact) mass is 268 g/mol. The second-order valence-corrected chi connectivity index (χ2v) is 4.43. The molecule has 4 heteroatoms. The number of rotatable bonds is 2. The van der Waals surface area contributed by atoms with E-state index < -0.39 is 17.7 Å². The lowest BCUT2D eigenvalue weighted by molar-refractivity contribution is 0.219. The summed E-state index contributed by atoms with van der Waals surface area (Å²) < 4.78 is 26.7. The number of aliphatic hydroxyl groups is 1. The van der Waals surface area contributed by atoms with Crippen LogP contribution < -0.4 is 0 Å². The maximum Gasteiger partial charge on any atom is 0.142 e. The smallest absolute Gasteiger partial charge is 0.142 e. The van der Waals surface area contributed by atoms with Crippen LogP contribution in [0.25, 0.3) is 0 Å². The molecule has 0 radical (unpaired) electrons. The molecule has 0 fully saturated rings. The van der Waals surface area contributed by atoms with Crippen LogP contribution in [0.4, 0.5) is 8.78 Å². The third-order valence-electron chi connectivity index (χ3n) is 2.79. The van der Waals surface area contributed by atoms with Crippen molar-refractivity contribution in [2.45, 2.75) is 13.0 Å². The molecule has 0 saturated heterocycles. The molecule has 1 N–H and O–H groups in total. The van der Waals surface area contributed by atoms with Crippen LogP contribution in [0.3, 0.4) is 0 Å². The second kappa shape index (κ2) is 5.04. The first-order valence-corrected chi connectivity index (χ1v) is 5.76. The summed E-state index contributed by atoms with van der Waals surface area (Å²) in [5.74, 6) is -1.03. The van der Waals surface area contributed by atoms with E-state index in [4.69, 9.17) is 11.6 Å². The first-order valence-electron chi connectivity index (χ1n) is 5.38. The van der Waals surface area contributed by atoms with Crippen LogP contribution in [0.1, 0.15) is 22.8 Å². The van der Waals surface area contributed by atoms with Crippen LogP contribution in [0.2, 0.25) is 5.02 Å². The van der Waals surface area contributed by atoms with Gasteiger partial charge < -0.3 is 5.11 Å². The van der Waals surface area contributed by atoms with E-state index in [1.807, 2.05) is 0 Å². The molecule has 1 unspecified atom stereocenters. The average Bonchev–Trinajstić information content (AvgIpc) is 2.35. The lowest BCUT2D eigenvalue weighted by Crippen LogP contribution is -2.02. The molecule has 94 valence electrons. The van der Waals surface area contributed by atoms with Crippen LogP contribution in [-0.4, -0.2) is 5.11 Å². The molecule has 1 atom stereocenters. The Morgan fingerprint density at radius 1 is 1.11 bits per heavy atom. The van der Waals surface area contributed by atoms with Gasteiger partial charge >= 0.3 is 0 Å². The zero-order chi connectivity index (χ0) is 13.3. The highest BCUT2D eigenvalue weighted by Crippen LogP contribution is 2.30. The molecule has 0 spiro atoms. The van der Waals surface area contributed by atoms with Gasteiger partial charge in [0.15, 0.2) is 0 Å². The minimum Gasteiger partial charge on any atom is -0.384 e. The molecule has 18 heavy (non-hydrogen) atoms. The first-order chi connectivity index (χ1) is 8.50. The van der Waals surface area contributed by atoms with Crippen LogP contribution >= 0.6 is 11.6 Å². The van der Waals surface area contributed by atoms with Crippen LogP contribution in [0, 0.1) is 18.6 Å². The van der Waals surface area contributed by atoms with Gasteiger partial charge in [-0.25, -0.2) is 8.78 Å². The zero-order valence-corrected chi connectivity index (χ0v) is 10.4. The topological polar surface area (TPSA) is 20.2 Å². The Balaban J connectivity index is 2.44. The van der Waals surface area contributed by atoms with Crippen molar-refractivity contribution < 1.29 is 13.9 Å². The zero-order valence-electron chi connectivity index (χ0n) is 9.62. The van der Waals surface area contributed by atoms with E-state index >= 15 is 0 Å². The van der Waals surface area contributed by atoms with E-state index in [2.05, 4.69) is 0 Å². The van der Waals surface area contributed by atoms with Gasteiger partial charge in [-0.2, -0.15) is 0 Å². The van der Waals surface area contributed by atoms with Gasteiger partial charge in [0.2, 0.25) is 0 Å². The molecule has 0 amide bonds. The Bertz CT molecular complexity index is 584. The maximum atomic E-state index is 13.4. The fourth-order valence-corrected chi connectivity index (χ4v) is 1.92. The highest BCUT2D eigenvalue weighted by molar-refractivity contribution is 6.31. The molecular weight excluding hydrogens is 258 g/mol. The largest absolute Gasteiger partial charge is 0.384 e. The van der Waals surface area contributed by atoms with Gasteiger partial charge in [-0.1, -0.05) is 35.9 Å². The highest BCUT2D eigenvalue weighted by atomic mass is 35.5. The third kappa shape index (κ3) is 2.37. The Morgan fingerprint density at radius 3 is 2.50 bits per heavy atom. The Hall–Kier alpha value is -1.45. The van der Waals surface area contributed by atoms with Gasteiger partial charge in [0.25, 0.3) is 0 Å². The SMILES string of the molecule is Cc1ccc(C(O)c2cccc(F)c2Cl)cc1F. The van der Waals surface area contributed by atoms with Crippen LogP contribution in [0.15, 0.2) is 36.4 Å². The van der Waals surface area contributed by atoms with Gasteiger partial charge in [-0.3, -0.25) is 0 Å². The van der Waals surface area contributed by atoms with E-state index in [0.717, 1.165) is 0 Å². The van der Waals surface area contributed by atoms with Crippen molar-refractivity contribution in [1.82, 2.24) is 0 Å². The second-order valence-electron chi connectivity index (χ2n) is 4.05. The van der Waals surface area contributed by atoms with Crippen molar-refractivity contribution in [1.29, 1.82) is 0 Å². The Kier molecular flexibility index (Phi) is 3.64. The van der Waals surface area contributed by atoms with Crippen molar-refractivity contribution >= 4 is 11.6 Å². The van der Waals surface area contributed by atoms with E-state index in [-0.39, 0.29) is 10.6 Å². The summed E-state index contributed by atoms with van der Waals surface area (Å²) >= 11 is 5.78. The summed E-state index contributed by atoms with van der Waals surface area (Å²) in [6.45, 7) is 1.63. The number of aliphatic hydroxyl groups excluding tert-OH is 1. The Morgan fingerprint density at radius 2 is 1.83 bits per heavy atom. The number of aryl methyl sites for hydroxylation is 1. The molecule has 2 aromatic rings. The summed E-state index contributed by atoms with van der Waals surface area (Å²) in [5.41, 5.74) is 1.04. The fraction of sp³-hybridized carbons (Fsp3) is 0.143. The maximum absolute atomic E-state index is 13.4. The molecule has 1 nitrogen and oxygen atoms in total. The van der Waals surface area contributed by atoms with Gasteiger partial charge in [0.1, 0.15) is 17.7 Å². The number of hydrogen-bond acceptors (Lipinski definition) is 1. The fourth-order valence-electron chi connectivity index (χ4n) is 1.69. The van der Waals surface area contributed by atoms with Crippen molar-refractivity contribution in [3.05, 3.63) is 69.7 Å². The van der Waals surface area contributed by atoms with Crippen molar-refractivity contribution in [3.63, 3.8) is 0 Å². The van der Waals surface area contributed by atoms with E-state index in [9.17, 15) is 13.9 Å². The van der Waals surface area contributed by atoms with Gasteiger partial charge in [0, 0.05) is 5.56 Å². The van der Waals surface area contributed by atoms with Crippen molar-refractivity contribution in [3.8, 4) is 0 Å². The number of benzene rings is 2. The molecule has 2 aromatic carbocycles. The van der Waals surface area contributed by atoms with Crippen molar-refractivity contribution in [2.24, 2.45) is 0 Å². The lowest BCUT2D eigenvalue weighted by atomic mass is 10.00.